The van der Waals surface area contributed by atoms with Crippen LogP contribution in [0.3, 0.4) is 0 Å². The fourth-order valence-electron chi connectivity index (χ4n) is 0.891. The summed E-state index contributed by atoms with van der Waals surface area (Å²) in [5.41, 5.74) is 0.397. The quantitative estimate of drug-likeness (QED) is 0.432. The van der Waals surface area contributed by atoms with Gasteiger partial charge in [-0.15, -0.1) is 11.3 Å². The lowest BCUT2D eigenvalue weighted by atomic mass is 10.3. The Morgan fingerprint density at radius 1 is 1.71 bits per heavy atom. The van der Waals surface area contributed by atoms with Crippen LogP contribution in [0, 0.1) is 0 Å². The van der Waals surface area contributed by atoms with Crippen LogP contribution >= 0.6 is 11.3 Å². The van der Waals surface area contributed by atoms with Gasteiger partial charge in [0.25, 0.3) is 0 Å². The van der Waals surface area contributed by atoms with E-state index in [-0.39, 0.29) is 12.1 Å². The van der Waals surface area contributed by atoms with Crippen molar-refractivity contribution >= 4 is 17.3 Å². The second kappa shape index (κ2) is 4.77. The molecule has 74 valence electrons. The SMILES string of the molecule is C=C[C@H](OC(=O)C(=C)C)c1cccs1. The van der Waals surface area contributed by atoms with E-state index in [1.165, 1.54) is 11.3 Å². The third-order valence-electron chi connectivity index (χ3n) is 1.62. The summed E-state index contributed by atoms with van der Waals surface area (Å²) in [5.74, 6) is -0.386. The van der Waals surface area contributed by atoms with Gasteiger partial charge >= 0.3 is 5.97 Å². The van der Waals surface area contributed by atoms with Gasteiger partial charge in [-0.2, -0.15) is 0 Å². The summed E-state index contributed by atoms with van der Waals surface area (Å²) >= 11 is 1.53. The number of carbonyl (C=O) groups is 1. The van der Waals surface area contributed by atoms with E-state index in [0.29, 0.717) is 5.57 Å². The van der Waals surface area contributed by atoms with Crippen LogP contribution in [0.2, 0.25) is 0 Å². The van der Waals surface area contributed by atoms with Gasteiger partial charge in [0.1, 0.15) is 0 Å². The van der Waals surface area contributed by atoms with Crippen molar-refractivity contribution in [2.45, 2.75) is 13.0 Å². The van der Waals surface area contributed by atoms with E-state index >= 15 is 0 Å². The molecule has 0 N–H and O–H groups in total. The molecule has 0 radical (unpaired) electrons. The van der Waals surface area contributed by atoms with Crippen molar-refractivity contribution in [1.82, 2.24) is 0 Å². The Hall–Kier alpha value is -1.35. The zero-order valence-electron chi connectivity index (χ0n) is 8.03. The minimum Gasteiger partial charge on any atom is -0.449 e. The van der Waals surface area contributed by atoms with Gasteiger partial charge in [0.05, 0.1) is 0 Å². The van der Waals surface area contributed by atoms with Crippen molar-refractivity contribution in [3.8, 4) is 0 Å². The van der Waals surface area contributed by atoms with Crippen molar-refractivity contribution < 1.29 is 9.53 Å². The molecular formula is C11H12O2S. The number of thiophene rings is 1. The largest absolute Gasteiger partial charge is 0.449 e. The highest BCUT2D eigenvalue weighted by molar-refractivity contribution is 7.10. The van der Waals surface area contributed by atoms with Crippen LogP contribution in [0.1, 0.15) is 17.9 Å². The van der Waals surface area contributed by atoms with Crippen LogP contribution in [0.15, 0.2) is 42.3 Å². The smallest absolute Gasteiger partial charge is 0.334 e. The van der Waals surface area contributed by atoms with E-state index in [1.807, 2.05) is 17.5 Å². The minimum atomic E-state index is -0.386. The van der Waals surface area contributed by atoms with Crippen molar-refractivity contribution in [1.29, 1.82) is 0 Å². The number of esters is 1. The molecule has 14 heavy (non-hydrogen) atoms. The Bertz CT molecular complexity index is 338. The topological polar surface area (TPSA) is 26.3 Å². The van der Waals surface area contributed by atoms with Gasteiger partial charge in [0.2, 0.25) is 0 Å². The summed E-state index contributed by atoms with van der Waals surface area (Å²) in [6.45, 7) is 8.77. The molecule has 0 saturated heterocycles. The van der Waals surface area contributed by atoms with Gasteiger partial charge in [0.15, 0.2) is 6.10 Å². The maximum Gasteiger partial charge on any atom is 0.334 e. The fourth-order valence-corrected chi connectivity index (χ4v) is 1.64. The average Bonchev–Trinajstić information content (AvgIpc) is 2.66. The first kappa shape index (κ1) is 10.7. The highest BCUT2D eigenvalue weighted by atomic mass is 32.1. The molecular weight excluding hydrogens is 196 g/mol. The molecule has 1 aromatic heterocycles. The maximum atomic E-state index is 11.2. The van der Waals surface area contributed by atoms with Crippen LogP contribution in [0.4, 0.5) is 0 Å². The van der Waals surface area contributed by atoms with E-state index in [2.05, 4.69) is 13.2 Å². The lowest BCUT2D eigenvalue weighted by molar-refractivity contribution is -0.142. The lowest BCUT2D eigenvalue weighted by Crippen LogP contribution is -2.08. The van der Waals surface area contributed by atoms with Crippen LogP contribution in [0.25, 0.3) is 0 Å². The fraction of sp³-hybridized carbons (Fsp3) is 0.182. The van der Waals surface area contributed by atoms with Gasteiger partial charge in [0, 0.05) is 10.5 Å². The summed E-state index contributed by atoms with van der Waals surface area (Å²) < 4.78 is 5.16. The molecule has 1 atom stereocenters. The molecule has 3 heteroatoms. The van der Waals surface area contributed by atoms with Gasteiger partial charge in [-0.1, -0.05) is 19.2 Å². The van der Waals surface area contributed by atoms with E-state index in [4.69, 9.17) is 4.74 Å². The van der Waals surface area contributed by atoms with Crippen molar-refractivity contribution in [3.05, 3.63) is 47.2 Å². The van der Waals surface area contributed by atoms with Crippen LogP contribution in [-0.4, -0.2) is 5.97 Å². The Labute approximate surface area is 87.5 Å². The molecule has 1 heterocycles. The predicted molar refractivity (Wildman–Crippen MR) is 58.2 cm³/mol. The standard InChI is InChI=1S/C11H12O2S/c1-4-9(10-6-5-7-14-10)13-11(12)8(2)3/h4-7,9H,1-2H2,3H3/t9-/m0/s1. The van der Waals surface area contributed by atoms with Crippen LogP contribution in [-0.2, 0) is 9.53 Å². The van der Waals surface area contributed by atoms with Crippen LogP contribution < -0.4 is 0 Å². The molecule has 2 nitrogen and oxygen atoms in total. The number of hydrogen-bond donors (Lipinski definition) is 0. The molecule has 0 aliphatic heterocycles. The molecule has 0 aromatic carbocycles. The molecule has 0 aliphatic rings. The summed E-state index contributed by atoms with van der Waals surface area (Å²) in [5, 5.41) is 1.93. The third kappa shape index (κ3) is 2.57. The monoisotopic (exact) mass is 208 g/mol. The molecule has 1 aromatic rings. The van der Waals surface area contributed by atoms with E-state index in [1.54, 1.807) is 13.0 Å². The normalized spacial score (nSPS) is 11.8. The lowest BCUT2D eigenvalue weighted by Gasteiger charge is -2.11. The van der Waals surface area contributed by atoms with Crippen molar-refractivity contribution in [3.63, 3.8) is 0 Å². The zero-order valence-corrected chi connectivity index (χ0v) is 8.84. The highest BCUT2D eigenvalue weighted by Crippen LogP contribution is 2.23. The minimum absolute atomic E-state index is 0.362. The van der Waals surface area contributed by atoms with Gasteiger partial charge < -0.3 is 4.74 Å². The highest BCUT2D eigenvalue weighted by Gasteiger charge is 2.14. The second-order valence-corrected chi connectivity index (χ2v) is 3.84. The molecule has 0 amide bonds. The summed E-state index contributed by atoms with van der Waals surface area (Å²) in [6, 6.07) is 3.81. The summed E-state index contributed by atoms with van der Waals surface area (Å²) in [6.07, 6.45) is 1.24. The van der Waals surface area contributed by atoms with Gasteiger partial charge in [-0.25, -0.2) is 4.79 Å². The maximum absolute atomic E-state index is 11.2. The number of rotatable bonds is 4. The first-order chi connectivity index (χ1) is 6.65. The summed E-state index contributed by atoms with van der Waals surface area (Å²) in [4.78, 5) is 12.2. The van der Waals surface area contributed by atoms with Crippen LogP contribution in [0.5, 0.6) is 0 Å². The first-order valence-corrected chi connectivity index (χ1v) is 5.05. The zero-order chi connectivity index (χ0) is 10.6. The van der Waals surface area contributed by atoms with Gasteiger partial charge in [-0.3, -0.25) is 0 Å². The number of hydrogen-bond acceptors (Lipinski definition) is 3. The Balaban J connectivity index is 2.70. The van der Waals surface area contributed by atoms with Crippen molar-refractivity contribution in [2.75, 3.05) is 0 Å². The van der Waals surface area contributed by atoms with E-state index in [9.17, 15) is 4.79 Å². The molecule has 0 spiro atoms. The number of ether oxygens (including phenoxy) is 1. The summed E-state index contributed by atoms with van der Waals surface area (Å²) in [7, 11) is 0. The molecule has 0 aliphatic carbocycles. The molecule has 0 fully saturated rings. The van der Waals surface area contributed by atoms with Gasteiger partial charge in [-0.05, 0) is 24.4 Å². The van der Waals surface area contributed by atoms with E-state index in [0.717, 1.165) is 4.88 Å². The molecule has 1 rings (SSSR count). The first-order valence-electron chi connectivity index (χ1n) is 4.17. The Kier molecular flexibility index (Phi) is 3.65. The van der Waals surface area contributed by atoms with Crippen molar-refractivity contribution in [2.24, 2.45) is 0 Å². The second-order valence-electron chi connectivity index (χ2n) is 2.86. The Morgan fingerprint density at radius 3 is 2.86 bits per heavy atom. The molecule has 0 saturated carbocycles. The number of carbonyl (C=O) groups excluding carboxylic acids is 1. The average molecular weight is 208 g/mol. The molecule has 0 bridgehead atoms. The van der Waals surface area contributed by atoms with E-state index < -0.39 is 0 Å². The third-order valence-corrected chi connectivity index (χ3v) is 2.55. The predicted octanol–water partition coefficient (Wildman–Crippen LogP) is 3.09. The Morgan fingerprint density at radius 2 is 2.43 bits per heavy atom. The molecule has 0 unspecified atom stereocenters.